The van der Waals surface area contributed by atoms with Crippen LogP contribution in [0.4, 0.5) is 0 Å². The Labute approximate surface area is 43.0 Å². The van der Waals surface area contributed by atoms with Crippen LogP contribution >= 0.6 is 0 Å². The maximum atomic E-state index is 10.1. The van der Waals surface area contributed by atoms with Crippen LogP contribution in [-0.2, 0) is 4.79 Å². The summed E-state index contributed by atoms with van der Waals surface area (Å²) < 4.78 is 0. The van der Waals surface area contributed by atoms with Gasteiger partial charge in [0.15, 0.2) is 0 Å². The second-order valence-corrected chi connectivity index (χ2v) is 1.33. The van der Waals surface area contributed by atoms with Crippen LogP contribution in [0, 0.1) is 0 Å². The van der Waals surface area contributed by atoms with Gasteiger partial charge in [-0.05, 0) is 13.1 Å². The molecule has 0 spiro atoms. The molecule has 0 aliphatic heterocycles. The number of ketones is 1. The Morgan fingerprint density at radius 1 is 1.86 bits per heavy atom. The summed E-state index contributed by atoms with van der Waals surface area (Å²) in [4.78, 5) is 10.1. The number of nitrogens with two attached hydrogens (primary N) is 1. The van der Waals surface area contributed by atoms with Crippen LogP contribution in [0.5, 0.6) is 0 Å². The molecule has 0 aliphatic carbocycles. The highest BCUT2D eigenvalue weighted by Crippen LogP contribution is 1.79. The topological polar surface area (TPSA) is 43.1 Å². The normalized spacial score (nSPS) is 9.86. The number of carbonyl (C=O) groups excluding carboxylic acids is 1. The molecule has 0 aromatic carbocycles. The number of allylic oxidation sites excluding steroid dienone is 1. The van der Waals surface area contributed by atoms with E-state index in [4.69, 9.17) is 5.73 Å². The summed E-state index contributed by atoms with van der Waals surface area (Å²) in [5, 5.41) is 0. The lowest BCUT2D eigenvalue weighted by Crippen LogP contribution is -1.85. The van der Waals surface area contributed by atoms with Crippen molar-refractivity contribution in [2.45, 2.75) is 13.3 Å². The van der Waals surface area contributed by atoms with Crippen molar-refractivity contribution in [2.75, 3.05) is 0 Å². The van der Waals surface area contributed by atoms with E-state index in [1.807, 2.05) is 0 Å². The summed E-state index contributed by atoms with van der Waals surface area (Å²) in [7, 11) is 0. The summed E-state index contributed by atoms with van der Waals surface area (Å²) >= 11 is 0. The molecule has 0 fully saturated rings. The van der Waals surface area contributed by atoms with Gasteiger partial charge in [0.2, 0.25) is 0 Å². The molecule has 0 aromatic heterocycles. The lowest BCUT2D eigenvalue weighted by Gasteiger charge is -1.78. The summed E-state index contributed by atoms with van der Waals surface area (Å²) in [5.74, 6) is 0.140. The molecule has 2 heteroatoms. The molecular formula is C5H9NO. The first kappa shape index (κ1) is 6.21. The highest BCUT2D eigenvalue weighted by Gasteiger charge is 1.81. The molecule has 0 radical (unpaired) electrons. The molecule has 2 nitrogen and oxygen atoms in total. The summed E-state index contributed by atoms with van der Waals surface area (Å²) in [5.41, 5.74) is 4.94. The van der Waals surface area contributed by atoms with E-state index in [0.29, 0.717) is 6.42 Å². The summed E-state index contributed by atoms with van der Waals surface area (Å²) in [6, 6.07) is 0. The van der Waals surface area contributed by atoms with Gasteiger partial charge >= 0.3 is 0 Å². The second kappa shape index (κ2) is 3.40. The molecule has 40 valence electrons. The van der Waals surface area contributed by atoms with Crippen molar-refractivity contribution in [1.29, 1.82) is 0 Å². The fraction of sp³-hybridized carbons (Fsp3) is 0.400. The summed E-state index contributed by atoms with van der Waals surface area (Å²) in [6.45, 7) is 1.53. The van der Waals surface area contributed by atoms with Gasteiger partial charge in [-0.3, -0.25) is 4.79 Å². The number of Topliss-reactive ketones (excluding diaryl/α,β-unsaturated/α-hetero) is 1. The maximum absolute atomic E-state index is 10.1. The van der Waals surface area contributed by atoms with E-state index >= 15 is 0 Å². The molecular weight excluding hydrogens is 90.1 g/mol. The van der Waals surface area contributed by atoms with Crippen molar-refractivity contribution in [3.63, 3.8) is 0 Å². The zero-order valence-corrected chi connectivity index (χ0v) is 4.35. The molecule has 0 heterocycles. The maximum Gasteiger partial charge on any atom is 0.133 e. The Morgan fingerprint density at radius 2 is 2.43 bits per heavy atom. The van der Waals surface area contributed by atoms with Crippen molar-refractivity contribution >= 4 is 5.78 Å². The number of hydrogen-bond acceptors (Lipinski definition) is 2. The SMILES string of the molecule is CC(=O)CC=CN. The van der Waals surface area contributed by atoms with Crippen LogP contribution in [0.25, 0.3) is 0 Å². The van der Waals surface area contributed by atoms with Crippen molar-refractivity contribution < 1.29 is 4.79 Å². The van der Waals surface area contributed by atoms with E-state index in [-0.39, 0.29) is 5.78 Å². The lowest BCUT2D eigenvalue weighted by molar-refractivity contribution is -0.116. The van der Waals surface area contributed by atoms with Gasteiger partial charge in [0.1, 0.15) is 5.78 Å². The molecule has 0 bridgehead atoms. The van der Waals surface area contributed by atoms with Crippen LogP contribution in [0.15, 0.2) is 12.3 Å². The molecule has 0 saturated carbocycles. The predicted octanol–water partition coefficient (Wildman–Crippen LogP) is 0.438. The molecule has 0 amide bonds. The van der Waals surface area contributed by atoms with Gasteiger partial charge in [-0.15, -0.1) is 0 Å². The third-order valence-corrected chi connectivity index (χ3v) is 0.541. The van der Waals surface area contributed by atoms with Crippen LogP contribution in [0.1, 0.15) is 13.3 Å². The minimum Gasteiger partial charge on any atom is -0.405 e. The number of carbonyl (C=O) groups is 1. The molecule has 7 heavy (non-hydrogen) atoms. The Hall–Kier alpha value is -0.790. The zero-order valence-electron chi connectivity index (χ0n) is 4.35. The van der Waals surface area contributed by atoms with Crippen LogP contribution in [-0.4, -0.2) is 5.78 Å². The smallest absolute Gasteiger partial charge is 0.133 e. The monoisotopic (exact) mass is 99.1 g/mol. The Balaban J connectivity index is 3.14. The Morgan fingerprint density at radius 3 is 2.57 bits per heavy atom. The molecule has 0 aliphatic rings. The largest absolute Gasteiger partial charge is 0.405 e. The van der Waals surface area contributed by atoms with E-state index in [2.05, 4.69) is 0 Å². The van der Waals surface area contributed by atoms with E-state index in [9.17, 15) is 4.79 Å². The van der Waals surface area contributed by atoms with Gasteiger partial charge in [0.25, 0.3) is 0 Å². The van der Waals surface area contributed by atoms with Crippen molar-refractivity contribution in [3.8, 4) is 0 Å². The van der Waals surface area contributed by atoms with Crippen molar-refractivity contribution in [2.24, 2.45) is 5.73 Å². The quantitative estimate of drug-likeness (QED) is 0.545. The van der Waals surface area contributed by atoms with Crippen LogP contribution in [0.3, 0.4) is 0 Å². The molecule has 0 saturated heterocycles. The van der Waals surface area contributed by atoms with Crippen molar-refractivity contribution in [3.05, 3.63) is 12.3 Å². The van der Waals surface area contributed by atoms with Gasteiger partial charge in [-0.25, -0.2) is 0 Å². The first-order chi connectivity index (χ1) is 3.27. The Kier molecular flexibility index (Phi) is 3.02. The molecule has 0 rings (SSSR count). The van der Waals surface area contributed by atoms with E-state index in [1.165, 1.54) is 13.1 Å². The lowest BCUT2D eigenvalue weighted by atomic mass is 10.3. The number of hydrogen-bond donors (Lipinski definition) is 1. The fourth-order valence-corrected chi connectivity index (χ4v) is 0.234. The molecule has 0 aromatic rings. The highest BCUT2D eigenvalue weighted by atomic mass is 16.1. The molecule has 2 N–H and O–H groups in total. The van der Waals surface area contributed by atoms with E-state index < -0.39 is 0 Å². The predicted molar refractivity (Wildman–Crippen MR) is 28.6 cm³/mol. The van der Waals surface area contributed by atoms with E-state index in [0.717, 1.165) is 0 Å². The van der Waals surface area contributed by atoms with Gasteiger partial charge < -0.3 is 5.73 Å². The third kappa shape index (κ3) is 5.21. The fourth-order valence-electron chi connectivity index (χ4n) is 0.234. The third-order valence-electron chi connectivity index (χ3n) is 0.541. The second-order valence-electron chi connectivity index (χ2n) is 1.33. The van der Waals surface area contributed by atoms with Gasteiger partial charge in [-0.2, -0.15) is 0 Å². The minimum atomic E-state index is 0.140. The minimum absolute atomic E-state index is 0.140. The first-order valence-electron chi connectivity index (χ1n) is 2.13. The van der Waals surface area contributed by atoms with Gasteiger partial charge in [0, 0.05) is 6.42 Å². The molecule has 0 atom stereocenters. The van der Waals surface area contributed by atoms with Crippen molar-refractivity contribution in [1.82, 2.24) is 0 Å². The van der Waals surface area contributed by atoms with Gasteiger partial charge in [0.05, 0.1) is 0 Å². The number of rotatable bonds is 2. The Bertz CT molecular complexity index is 86.1. The van der Waals surface area contributed by atoms with E-state index in [1.54, 1.807) is 6.08 Å². The zero-order chi connectivity index (χ0) is 5.70. The average molecular weight is 99.1 g/mol. The average Bonchev–Trinajstić information content (AvgIpc) is 1.61. The van der Waals surface area contributed by atoms with Gasteiger partial charge in [-0.1, -0.05) is 6.08 Å². The standard InChI is InChI=1S/C5H9NO/c1-5(7)3-2-4-6/h2,4H,3,6H2,1H3. The first-order valence-corrected chi connectivity index (χ1v) is 2.13. The molecule has 0 unspecified atom stereocenters. The highest BCUT2D eigenvalue weighted by molar-refractivity contribution is 5.76. The van der Waals surface area contributed by atoms with Crippen LogP contribution in [0.2, 0.25) is 0 Å². The van der Waals surface area contributed by atoms with Crippen LogP contribution < -0.4 is 5.73 Å². The summed E-state index contributed by atoms with van der Waals surface area (Å²) in [6.07, 6.45) is 3.46.